The van der Waals surface area contributed by atoms with Crippen LogP contribution in [0, 0.1) is 0 Å². The van der Waals surface area contributed by atoms with Crippen LogP contribution in [-0.4, -0.2) is 41.7 Å². The number of hydrogen-bond donors (Lipinski definition) is 3. The minimum atomic E-state index is -0.347. The molecule has 0 heterocycles. The van der Waals surface area contributed by atoms with Crippen LogP contribution >= 0.6 is 0 Å². The number of amides is 1. The number of nitrogens with two attached hydrogens (primary N) is 2. The van der Waals surface area contributed by atoms with Gasteiger partial charge in [-0.05, 0) is 29.2 Å². The summed E-state index contributed by atoms with van der Waals surface area (Å²) in [6, 6.07) is 12.5. The van der Waals surface area contributed by atoms with Crippen molar-refractivity contribution in [2.45, 2.75) is 26.2 Å². The zero-order valence-corrected chi connectivity index (χ0v) is 16.9. The molecule has 0 saturated heterocycles. The topological polar surface area (TPSA) is 117 Å². The molecule has 148 valence electrons. The summed E-state index contributed by atoms with van der Waals surface area (Å²) in [5.41, 5.74) is 13.2. The van der Waals surface area contributed by atoms with E-state index < -0.39 is 0 Å². The summed E-state index contributed by atoms with van der Waals surface area (Å²) in [5, 5.41) is 10.8. The number of aliphatic imine (C=N–C) groups is 2. The largest absolute Gasteiger partial charge is 0.505 e. The second-order valence-corrected chi connectivity index (χ2v) is 7.64. The maximum Gasteiger partial charge on any atom is 0.257 e. The number of benzene rings is 2. The number of para-hydroxylation sites is 1. The molecular weight excluding hydrogens is 354 g/mol. The number of amidine groups is 2. The van der Waals surface area contributed by atoms with Crippen LogP contribution in [0.1, 0.15) is 36.7 Å². The summed E-state index contributed by atoms with van der Waals surface area (Å²) in [6.45, 7) is 5.90. The lowest BCUT2D eigenvalue weighted by atomic mass is 9.82. The quantitative estimate of drug-likeness (QED) is 0.559. The van der Waals surface area contributed by atoms with Gasteiger partial charge < -0.3 is 21.5 Å². The molecule has 0 radical (unpaired) electrons. The summed E-state index contributed by atoms with van der Waals surface area (Å²) in [6.07, 6.45) is 0. The number of hydrogen-bond acceptors (Lipinski definition) is 4. The number of phenolic OH excluding ortho intramolecular Hbond substituents is 1. The van der Waals surface area contributed by atoms with E-state index in [9.17, 15) is 9.90 Å². The standard InChI is InChI=1S/C21H27N5O2/c1-21(2,3)14-11-12-15(17(27)16(14)20(28)26(4)5)25-19(23)18(22)24-13-9-7-6-8-10-13/h6-12,27H,1-5H3,(H2,22,24)(H2,23,25). The van der Waals surface area contributed by atoms with Gasteiger partial charge in [0, 0.05) is 14.1 Å². The van der Waals surface area contributed by atoms with Crippen LogP contribution in [0.15, 0.2) is 52.4 Å². The summed E-state index contributed by atoms with van der Waals surface area (Å²) >= 11 is 0. The maximum atomic E-state index is 12.7. The lowest BCUT2D eigenvalue weighted by molar-refractivity contribution is 0.0822. The van der Waals surface area contributed by atoms with E-state index in [1.54, 1.807) is 38.4 Å². The van der Waals surface area contributed by atoms with Crippen molar-refractivity contribution in [2.75, 3.05) is 14.1 Å². The first-order chi connectivity index (χ1) is 13.0. The van der Waals surface area contributed by atoms with Gasteiger partial charge in [0.25, 0.3) is 5.91 Å². The Morgan fingerprint density at radius 1 is 0.964 bits per heavy atom. The van der Waals surface area contributed by atoms with Gasteiger partial charge in [-0.1, -0.05) is 45.0 Å². The second kappa shape index (κ2) is 8.12. The summed E-state index contributed by atoms with van der Waals surface area (Å²) in [7, 11) is 3.26. The smallest absolute Gasteiger partial charge is 0.257 e. The molecule has 2 aromatic rings. The van der Waals surface area contributed by atoms with E-state index >= 15 is 0 Å². The van der Waals surface area contributed by atoms with Crippen molar-refractivity contribution in [3.05, 3.63) is 53.6 Å². The Bertz CT molecular complexity index is 926. The molecule has 28 heavy (non-hydrogen) atoms. The van der Waals surface area contributed by atoms with Gasteiger partial charge >= 0.3 is 0 Å². The van der Waals surface area contributed by atoms with Gasteiger partial charge in [0.05, 0.1) is 11.3 Å². The first-order valence-corrected chi connectivity index (χ1v) is 8.84. The highest BCUT2D eigenvalue weighted by atomic mass is 16.3. The molecule has 0 fully saturated rings. The van der Waals surface area contributed by atoms with Crippen molar-refractivity contribution in [2.24, 2.45) is 21.5 Å². The molecule has 0 aliphatic rings. The van der Waals surface area contributed by atoms with Gasteiger partial charge in [0.2, 0.25) is 0 Å². The number of nitrogens with zero attached hydrogens (tertiary/aromatic N) is 3. The van der Waals surface area contributed by atoms with Crippen molar-refractivity contribution in [3.8, 4) is 5.75 Å². The van der Waals surface area contributed by atoms with E-state index in [1.807, 2.05) is 39.0 Å². The van der Waals surface area contributed by atoms with Crippen molar-refractivity contribution < 1.29 is 9.90 Å². The molecule has 0 unspecified atom stereocenters. The van der Waals surface area contributed by atoms with E-state index in [4.69, 9.17) is 11.5 Å². The fourth-order valence-electron chi connectivity index (χ4n) is 2.62. The summed E-state index contributed by atoms with van der Waals surface area (Å²) in [4.78, 5) is 22.5. The third-order valence-electron chi connectivity index (χ3n) is 4.09. The molecule has 0 aliphatic heterocycles. The van der Waals surface area contributed by atoms with Gasteiger partial charge in [0.15, 0.2) is 17.4 Å². The number of rotatable bonds is 3. The third kappa shape index (κ3) is 4.68. The Kier molecular flexibility index (Phi) is 6.08. The van der Waals surface area contributed by atoms with Crippen LogP contribution in [0.2, 0.25) is 0 Å². The Labute approximate surface area is 165 Å². The van der Waals surface area contributed by atoms with Crippen LogP contribution in [0.4, 0.5) is 11.4 Å². The minimum absolute atomic E-state index is 0.0194. The Balaban J connectivity index is 2.54. The molecule has 0 bridgehead atoms. The highest BCUT2D eigenvalue weighted by molar-refractivity contribution is 6.40. The number of carbonyl (C=O) groups excluding carboxylic acids is 1. The molecule has 2 aromatic carbocycles. The molecule has 7 nitrogen and oxygen atoms in total. The van der Waals surface area contributed by atoms with Crippen molar-refractivity contribution in [3.63, 3.8) is 0 Å². The highest BCUT2D eigenvalue weighted by Gasteiger charge is 2.27. The molecule has 1 amide bonds. The molecule has 0 atom stereocenters. The molecular formula is C21H27N5O2. The summed E-state index contributed by atoms with van der Waals surface area (Å²) < 4.78 is 0. The van der Waals surface area contributed by atoms with E-state index in [1.165, 1.54) is 4.90 Å². The normalized spacial score (nSPS) is 12.8. The highest BCUT2D eigenvalue weighted by Crippen LogP contribution is 2.38. The molecule has 0 aliphatic carbocycles. The Hall–Kier alpha value is -3.35. The predicted molar refractivity (Wildman–Crippen MR) is 114 cm³/mol. The van der Waals surface area contributed by atoms with Crippen LogP contribution in [-0.2, 0) is 5.41 Å². The van der Waals surface area contributed by atoms with E-state index in [0.717, 1.165) is 0 Å². The number of carbonyl (C=O) groups is 1. The molecule has 7 heteroatoms. The average Bonchev–Trinajstić information content (AvgIpc) is 2.62. The Morgan fingerprint density at radius 3 is 2.07 bits per heavy atom. The van der Waals surface area contributed by atoms with Crippen LogP contribution in [0.5, 0.6) is 5.75 Å². The van der Waals surface area contributed by atoms with Gasteiger partial charge in [-0.3, -0.25) is 4.79 Å². The number of phenols is 1. The van der Waals surface area contributed by atoms with Gasteiger partial charge in [-0.15, -0.1) is 0 Å². The number of aromatic hydroxyl groups is 1. The SMILES string of the molecule is CN(C)C(=O)c1c(C(C)(C)C)ccc(N=C(N)C(N)=Nc2ccccc2)c1O. The van der Waals surface area contributed by atoms with Crippen molar-refractivity contribution >= 4 is 29.0 Å². The zero-order valence-electron chi connectivity index (χ0n) is 16.9. The molecule has 0 spiro atoms. The first-order valence-electron chi connectivity index (χ1n) is 8.84. The first kappa shape index (κ1) is 21.0. The fraction of sp³-hybridized carbons (Fsp3) is 0.286. The van der Waals surface area contributed by atoms with Crippen LogP contribution in [0.3, 0.4) is 0 Å². The van der Waals surface area contributed by atoms with E-state index in [-0.39, 0.29) is 40.0 Å². The minimum Gasteiger partial charge on any atom is -0.505 e. The fourth-order valence-corrected chi connectivity index (χ4v) is 2.62. The molecule has 5 N–H and O–H groups in total. The predicted octanol–water partition coefficient (Wildman–Crippen LogP) is 3.07. The van der Waals surface area contributed by atoms with Crippen molar-refractivity contribution in [1.82, 2.24) is 4.90 Å². The van der Waals surface area contributed by atoms with Crippen molar-refractivity contribution in [1.29, 1.82) is 0 Å². The summed E-state index contributed by atoms with van der Waals surface area (Å²) in [5.74, 6) is -0.581. The zero-order chi connectivity index (χ0) is 21.1. The second-order valence-electron chi connectivity index (χ2n) is 7.64. The van der Waals surface area contributed by atoms with E-state index in [0.29, 0.717) is 11.3 Å². The van der Waals surface area contributed by atoms with Crippen LogP contribution < -0.4 is 11.5 Å². The van der Waals surface area contributed by atoms with E-state index in [2.05, 4.69) is 9.98 Å². The molecule has 0 saturated carbocycles. The van der Waals surface area contributed by atoms with Crippen LogP contribution in [0.25, 0.3) is 0 Å². The lowest BCUT2D eigenvalue weighted by Gasteiger charge is -2.25. The molecule has 2 rings (SSSR count). The maximum absolute atomic E-state index is 12.7. The van der Waals surface area contributed by atoms with Gasteiger partial charge in [-0.2, -0.15) is 0 Å². The lowest BCUT2D eigenvalue weighted by Crippen LogP contribution is -2.31. The van der Waals surface area contributed by atoms with Gasteiger partial charge in [-0.25, -0.2) is 9.98 Å². The monoisotopic (exact) mass is 381 g/mol. The third-order valence-corrected chi connectivity index (χ3v) is 4.09. The Morgan fingerprint density at radius 2 is 1.54 bits per heavy atom. The van der Waals surface area contributed by atoms with Gasteiger partial charge in [0.1, 0.15) is 5.69 Å². The molecule has 0 aromatic heterocycles. The average molecular weight is 381 g/mol.